The molecule has 1 N–H and O–H groups in total. The van der Waals surface area contributed by atoms with Crippen LogP contribution >= 0.6 is 12.4 Å². The molecule has 4 nitrogen and oxygen atoms in total. The van der Waals surface area contributed by atoms with Gasteiger partial charge in [-0.25, -0.2) is 0 Å². The Bertz CT molecular complexity index is 457. The molecule has 0 saturated carbocycles. The molecular weight excluding hydrogens is 286 g/mol. The molecule has 0 heterocycles. The highest BCUT2D eigenvalue weighted by Crippen LogP contribution is 2.14. The van der Waals surface area contributed by atoms with Crippen LogP contribution in [0.1, 0.15) is 26.3 Å². The number of hydrogen-bond donors (Lipinski definition) is 1. The molecule has 19 heavy (non-hydrogen) atoms. The summed E-state index contributed by atoms with van der Waals surface area (Å²) in [6, 6.07) is 7.10. The minimum absolute atomic E-state index is 0. The van der Waals surface area contributed by atoms with Gasteiger partial charge in [0.05, 0.1) is 5.75 Å². The lowest BCUT2D eigenvalue weighted by Crippen LogP contribution is -2.18. The van der Waals surface area contributed by atoms with Gasteiger partial charge in [0.2, 0.25) is 0 Å². The van der Waals surface area contributed by atoms with Crippen molar-refractivity contribution >= 4 is 22.5 Å². The summed E-state index contributed by atoms with van der Waals surface area (Å²) in [6.07, 6.45) is 0. The van der Waals surface area contributed by atoms with Crippen LogP contribution in [-0.2, 0) is 16.7 Å². The Labute approximate surface area is 122 Å². The second-order valence-corrected chi connectivity index (χ2v) is 6.46. The fourth-order valence-corrected chi connectivity index (χ4v) is 1.90. The van der Waals surface area contributed by atoms with Gasteiger partial charge in [-0.1, -0.05) is 26.0 Å². The number of rotatable bonds is 7. The summed E-state index contributed by atoms with van der Waals surface area (Å²) < 4.78 is 27.4. The van der Waals surface area contributed by atoms with E-state index in [-0.39, 0.29) is 18.2 Å². The maximum Gasteiger partial charge on any atom is 0.308 e. The molecule has 0 unspecified atom stereocenters. The zero-order valence-electron chi connectivity index (χ0n) is 11.5. The molecule has 0 aliphatic rings. The molecule has 0 amide bonds. The van der Waals surface area contributed by atoms with Gasteiger partial charge < -0.3 is 9.50 Å². The van der Waals surface area contributed by atoms with Crippen molar-refractivity contribution in [3.8, 4) is 5.75 Å². The van der Waals surface area contributed by atoms with E-state index in [9.17, 15) is 8.42 Å². The van der Waals surface area contributed by atoms with Gasteiger partial charge in [0, 0.05) is 6.54 Å². The Morgan fingerprint density at radius 3 is 2.26 bits per heavy atom. The lowest BCUT2D eigenvalue weighted by molar-refractivity contribution is 0.487. The van der Waals surface area contributed by atoms with Gasteiger partial charge in [0.15, 0.2) is 0 Å². The average Bonchev–Trinajstić information content (AvgIpc) is 2.31. The third kappa shape index (κ3) is 7.40. The van der Waals surface area contributed by atoms with Gasteiger partial charge in [-0.05, 0) is 37.1 Å². The van der Waals surface area contributed by atoms with Crippen LogP contribution in [0.25, 0.3) is 0 Å². The van der Waals surface area contributed by atoms with E-state index >= 15 is 0 Å². The molecule has 1 rings (SSSR count). The molecule has 0 aliphatic heterocycles. The van der Waals surface area contributed by atoms with Crippen molar-refractivity contribution in [3.05, 3.63) is 29.8 Å². The Morgan fingerprint density at radius 1 is 1.21 bits per heavy atom. The first-order valence-corrected chi connectivity index (χ1v) is 7.72. The monoisotopic (exact) mass is 307 g/mol. The van der Waals surface area contributed by atoms with E-state index < -0.39 is 10.1 Å². The Kier molecular flexibility index (Phi) is 8.06. The predicted octanol–water partition coefficient (Wildman–Crippen LogP) is 2.58. The SMILES string of the molecule is CCS(=O)(=O)Oc1ccc(CNCC(C)C)cc1.Cl. The molecular formula is C13H22ClNO3S. The van der Waals surface area contributed by atoms with Crippen molar-refractivity contribution in [2.75, 3.05) is 12.3 Å². The molecule has 0 atom stereocenters. The highest BCUT2D eigenvalue weighted by Gasteiger charge is 2.08. The summed E-state index contributed by atoms with van der Waals surface area (Å²) in [5.41, 5.74) is 1.11. The molecule has 1 aromatic carbocycles. The molecule has 1 aromatic rings. The van der Waals surface area contributed by atoms with E-state index in [1.807, 2.05) is 12.1 Å². The van der Waals surface area contributed by atoms with Gasteiger partial charge in [0.25, 0.3) is 0 Å². The molecule has 0 spiro atoms. The second kappa shape index (κ2) is 8.40. The fourth-order valence-electron chi connectivity index (χ4n) is 1.37. The zero-order valence-corrected chi connectivity index (χ0v) is 13.2. The second-order valence-electron chi connectivity index (χ2n) is 4.60. The predicted molar refractivity (Wildman–Crippen MR) is 80.3 cm³/mol. The first-order valence-electron chi connectivity index (χ1n) is 6.14. The molecule has 6 heteroatoms. The van der Waals surface area contributed by atoms with Crippen molar-refractivity contribution in [3.63, 3.8) is 0 Å². The van der Waals surface area contributed by atoms with Gasteiger partial charge in [-0.15, -0.1) is 12.4 Å². The average molecular weight is 308 g/mol. The standard InChI is InChI=1S/C13H21NO3S.ClH/c1-4-18(15,16)17-13-7-5-12(6-8-13)10-14-9-11(2)3;/h5-8,11,14H,4,9-10H2,1-3H3;1H. The lowest BCUT2D eigenvalue weighted by Gasteiger charge is -2.08. The van der Waals surface area contributed by atoms with Crippen molar-refractivity contribution < 1.29 is 12.6 Å². The van der Waals surface area contributed by atoms with Gasteiger partial charge in [-0.2, -0.15) is 8.42 Å². The minimum atomic E-state index is -3.43. The summed E-state index contributed by atoms with van der Waals surface area (Å²) in [4.78, 5) is 0. The normalized spacial score (nSPS) is 11.2. The van der Waals surface area contributed by atoms with E-state index in [2.05, 4.69) is 19.2 Å². The minimum Gasteiger partial charge on any atom is -0.382 e. The highest BCUT2D eigenvalue weighted by atomic mass is 35.5. The Hall–Kier alpha value is -0.780. The molecule has 0 fully saturated rings. The number of halogens is 1. The lowest BCUT2D eigenvalue weighted by atomic mass is 10.2. The van der Waals surface area contributed by atoms with Crippen LogP contribution in [0.5, 0.6) is 5.75 Å². The fraction of sp³-hybridized carbons (Fsp3) is 0.538. The molecule has 0 bridgehead atoms. The van der Waals surface area contributed by atoms with Crippen LogP contribution in [0.4, 0.5) is 0 Å². The number of benzene rings is 1. The van der Waals surface area contributed by atoms with Gasteiger partial charge >= 0.3 is 10.1 Å². The largest absolute Gasteiger partial charge is 0.382 e. The van der Waals surface area contributed by atoms with Gasteiger partial charge in [0.1, 0.15) is 5.75 Å². The first-order chi connectivity index (χ1) is 8.43. The maximum absolute atomic E-state index is 11.3. The van der Waals surface area contributed by atoms with Crippen LogP contribution in [-0.4, -0.2) is 20.7 Å². The molecule has 0 aromatic heterocycles. The summed E-state index contributed by atoms with van der Waals surface area (Å²) in [7, 11) is -3.43. The molecule has 110 valence electrons. The van der Waals surface area contributed by atoms with Crippen LogP contribution in [0.3, 0.4) is 0 Å². The van der Waals surface area contributed by atoms with Crippen LogP contribution in [0.2, 0.25) is 0 Å². The quantitative estimate of drug-likeness (QED) is 0.787. The maximum atomic E-state index is 11.3. The number of nitrogens with one attached hydrogen (secondary N) is 1. The highest BCUT2D eigenvalue weighted by molar-refractivity contribution is 7.87. The van der Waals surface area contributed by atoms with Crippen molar-refractivity contribution in [2.24, 2.45) is 5.92 Å². The van der Waals surface area contributed by atoms with E-state index in [1.54, 1.807) is 19.1 Å². The van der Waals surface area contributed by atoms with Crippen LogP contribution in [0.15, 0.2) is 24.3 Å². The summed E-state index contributed by atoms with van der Waals surface area (Å²) >= 11 is 0. The Morgan fingerprint density at radius 2 is 1.79 bits per heavy atom. The molecule has 0 saturated heterocycles. The van der Waals surface area contributed by atoms with E-state index in [0.29, 0.717) is 11.7 Å². The summed E-state index contributed by atoms with van der Waals surface area (Å²) in [6.45, 7) is 7.60. The van der Waals surface area contributed by atoms with Crippen molar-refractivity contribution in [1.82, 2.24) is 5.32 Å². The first kappa shape index (κ1) is 18.2. The summed E-state index contributed by atoms with van der Waals surface area (Å²) in [5, 5.41) is 3.32. The van der Waals surface area contributed by atoms with Crippen LogP contribution < -0.4 is 9.50 Å². The third-order valence-electron chi connectivity index (χ3n) is 2.38. The van der Waals surface area contributed by atoms with Crippen molar-refractivity contribution in [2.45, 2.75) is 27.3 Å². The summed E-state index contributed by atoms with van der Waals surface area (Å²) in [5.74, 6) is 0.955. The van der Waals surface area contributed by atoms with E-state index in [1.165, 1.54) is 0 Å². The third-order valence-corrected chi connectivity index (χ3v) is 3.54. The molecule has 0 radical (unpaired) electrons. The topological polar surface area (TPSA) is 55.4 Å². The van der Waals surface area contributed by atoms with E-state index in [0.717, 1.165) is 18.7 Å². The Balaban J connectivity index is 0.00000324. The van der Waals surface area contributed by atoms with Crippen LogP contribution in [0, 0.1) is 5.92 Å². The number of hydrogen-bond acceptors (Lipinski definition) is 4. The molecule has 0 aliphatic carbocycles. The van der Waals surface area contributed by atoms with Crippen molar-refractivity contribution in [1.29, 1.82) is 0 Å². The van der Waals surface area contributed by atoms with E-state index in [4.69, 9.17) is 4.18 Å². The smallest absolute Gasteiger partial charge is 0.308 e. The zero-order chi connectivity index (χ0) is 13.6. The van der Waals surface area contributed by atoms with Gasteiger partial charge in [-0.3, -0.25) is 0 Å².